The largest absolute Gasteiger partial charge is 0.480 e. The van der Waals surface area contributed by atoms with Gasteiger partial charge in [-0.1, -0.05) is 6.92 Å². The minimum absolute atomic E-state index is 0.167. The number of aliphatic carboxylic acids is 1. The average Bonchev–Trinajstić information content (AvgIpc) is 2.99. The van der Waals surface area contributed by atoms with Crippen LogP contribution in [-0.4, -0.2) is 44.4 Å². The van der Waals surface area contributed by atoms with Crippen molar-refractivity contribution in [1.82, 2.24) is 5.32 Å². The Labute approximate surface area is 113 Å². The summed E-state index contributed by atoms with van der Waals surface area (Å²) in [6.07, 6.45) is 4.19. The first kappa shape index (κ1) is 14.2. The van der Waals surface area contributed by atoms with E-state index in [1.165, 1.54) is 0 Å². The highest BCUT2D eigenvalue weighted by molar-refractivity contribution is 8.00. The van der Waals surface area contributed by atoms with Crippen LogP contribution in [0.3, 0.4) is 0 Å². The van der Waals surface area contributed by atoms with Crippen molar-refractivity contribution in [3.05, 3.63) is 0 Å². The lowest BCUT2D eigenvalue weighted by Crippen LogP contribution is -2.51. The molecule has 2 aliphatic rings. The minimum atomic E-state index is -0.711. The summed E-state index contributed by atoms with van der Waals surface area (Å²) in [4.78, 5) is 11.5. The van der Waals surface area contributed by atoms with Crippen molar-refractivity contribution in [1.29, 1.82) is 0 Å². The maximum Gasteiger partial charge on any atom is 0.323 e. The predicted molar refractivity (Wildman–Crippen MR) is 72.9 cm³/mol. The Bertz CT molecular complexity index is 319. The standard InChI is InChI=1S/C13H23NO3S/c1-8(15)9(2)18-11-5-6-13(7-11,12(16)17)14-10-3-4-10/h8-11,14-15H,3-7H2,1-2H3,(H,16,17). The van der Waals surface area contributed by atoms with Crippen LogP contribution in [0.25, 0.3) is 0 Å². The number of thioether (sulfide) groups is 1. The lowest BCUT2D eigenvalue weighted by molar-refractivity contribution is -0.144. The van der Waals surface area contributed by atoms with Gasteiger partial charge in [0.25, 0.3) is 0 Å². The molecule has 4 atom stereocenters. The summed E-state index contributed by atoms with van der Waals surface area (Å²) in [5, 5.41) is 22.8. The third-order valence-corrected chi connectivity index (χ3v) is 5.63. The van der Waals surface area contributed by atoms with E-state index in [-0.39, 0.29) is 11.4 Å². The normalized spacial score (nSPS) is 35.4. The van der Waals surface area contributed by atoms with Gasteiger partial charge in [0.1, 0.15) is 5.54 Å². The number of carbonyl (C=O) groups is 1. The molecule has 0 bridgehead atoms. The Hall–Kier alpha value is -0.260. The van der Waals surface area contributed by atoms with Crippen molar-refractivity contribution in [2.75, 3.05) is 0 Å². The number of hydrogen-bond donors (Lipinski definition) is 3. The molecule has 4 nitrogen and oxygen atoms in total. The predicted octanol–water partition coefficient (Wildman–Crippen LogP) is 1.62. The lowest BCUT2D eigenvalue weighted by atomic mass is 9.98. The Balaban J connectivity index is 1.92. The fourth-order valence-electron chi connectivity index (χ4n) is 2.54. The van der Waals surface area contributed by atoms with Gasteiger partial charge >= 0.3 is 5.97 Å². The van der Waals surface area contributed by atoms with E-state index >= 15 is 0 Å². The highest BCUT2D eigenvalue weighted by Gasteiger charge is 2.48. The molecule has 0 heterocycles. The maximum absolute atomic E-state index is 11.5. The van der Waals surface area contributed by atoms with Crippen LogP contribution in [0, 0.1) is 0 Å². The molecular formula is C13H23NO3S. The van der Waals surface area contributed by atoms with Gasteiger partial charge in [-0.3, -0.25) is 10.1 Å². The van der Waals surface area contributed by atoms with Crippen LogP contribution in [-0.2, 0) is 4.79 Å². The van der Waals surface area contributed by atoms with Crippen molar-refractivity contribution < 1.29 is 15.0 Å². The molecule has 2 saturated carbocycles. The zero-order valence-electron chi connectivity index (χ0n) is 11.1. The van der Waals surface area contributed by atoms with E-state index < -0.39 is 11.5 Å². The van der Waals surface area contributed by atoms with Crippen LogP contribution >= 0.6 is 11.8 Å². The van der Waals surface area contributed by atoms with Crippen molar-refractivity contribution >= 4 is 17.7 Å². The van der Waals surface area contributed by atoms with E-state index in [9.17, 15) is 15.0 Å². The third-order valence-electron chi connectivity index (χ3n) is 4.02. The maximum atomic E-state index is 11.5. The van der Waals surface area contributed by atoms with E-state index in [0.717, 1.165) is 19.3 Å². The van der Waals surface area contributed by atoms with Gasteiger partial charge in [0.2, 0.25) is 0 Å². The summed E-state index contributed by atoms with van der Waals surface area (Å²) in [7, 11) is 0. The van der Waals surface area contributed by atoms with Crippen LogP contribution in [0.4, 0.5) is 0 Å². The number of rotatable bonds is 6. The molecule has 104 valence electrons. The summed E-state index contributed by atoms with van der Waals surface area (Å²) >= 11 is 1.73. The second kappa shape index (κ2) is 5.39. The quantitative estimate of drug-likeness (QED) is 0.686. The number of aliphatic hydroxyl groups excluding tert-OH is 1. The smallest absolute Gasteiger partial charge is 0.323 e. The summed E-state index contributed by atoms with van der Waals surface area (Å²) in [5.41, 5.74) is -0.711. The molecule has 0 amide bonds. The van der Waals surface area contributed by atoms with E-state index in [1.807, 2.05) is 6.92 Å². The molecule has 0 aromatic rings. The number of carboxylic acid groups (broad SMARTS) is 1. The molecule has 2 rings (SSSR count). The van der Waals surface area contributed by atoms with Crippen LogP contribution in [0.15, 0.2) is 0 Å². The molecule has 18 heavy (non-hydrogen) atoms. The van der Waals surface area contributed by atoms with E-state index in [2.05, 4.69) is 5.32 Å². The molecule has 5 heteroatoms. The first-order valence-corrected chi connectivity index (χ1v) is 7.72. The molecule has 0 saturated heterocycles. The van der Waals surface area contributed by atoms with E-state index in [4.69, 9.17) is 0 Å². The number of nitrogens with one attached hydrogen (secondary N) is 1. The Morgan fingerprint density at radius 1 is 1.39 bits per heavy atom. The molecule has 2 aliphatic carbocycles. The zero-order chi connectivity index (χ0) is 13.3. The topological polar surface area (TPSA) is 69.6 Å². The Morgan fingerprint density at radius 2 is 2.06 bits per heavy atom. The van der Waals surface area contributed by atoms with Crippen LogP contribution in [0.1, 0.15) is 46.0 Å². The van der Waals surface area contributed by atoms with E-state index in [0.29, 0.717) is 24.1 Å². The molecular weight excluding hydrogens is 250 g/mol. The highest BCUT2D eigenvalue weighted by Crippen LogP contribution is 2.41. The molecule has 0 spiro atoms. The van der Waals surface area contributed by atoms with Crippen LogP contribution < -0.4 is 5.32 Å². The van der Waals surface area contributed by atoms with Gasteiger partial charge in [0, 0.05) is 16.5 Å². The average molecular weight is 273 g/mol. The lowest BCUT2D eigenvalue weighted by Gasteiger charge is -2.26. The summed E-state index contributed by atoms with van der Waals surface area (Å²) in [6, 6.07) is 0.416. The van der Waals surface area contributed by atoms with Crippen molar-refractivity contribution in [2.45, 2.75) is 74.1 Å². The number of hydrogen-bond acceptors (Lipinski definition) is 4. The molecule has 0 aromatic heterocycles. The van der Waals surface area contributed by atoms with Gasteiger partial charge in [-0.25, -0.2) is 0 Å². The van der Waals surface area contributed by atoms with E-state index in [1.54, 1.807) is 18.7 Å². The molecule has 0 aromatic carbocycles. The van der Waals surface area contributed by atoms with Gasteiger partial charge in [0.05, 0.1) is 6.10 Å². The molecule has 0 aliphatic heterocycles. The van der Waals surface area contributed by atoms with Gasteiger partial charge < -0.3 is 10.2 Å². The summed E-state index contributed by atoms with van der Waals surface area (Å²) < 4.78 is 0. The van der Waals surface area contributed by atoms with Gasteiger partial charge in [-0.2, -0.15) is 11.8 Å². The van der Waals surface area contributed by atoms with Crippen LogP contribution in [0.5, 0.6) is 0 Å². The first-order chi connectivity index (χ1) is 8.43. The molecule has 4 unspecified atom stereocenters. The summed E-state index contributed by atoms with van der Waals surface area (Å²) in [5.74, 6) is -0.706. The number of aliphatic hydroxyl groups is 1. The Morgan fingerprint density at radius 3 is 2.56 bits per heavy atom. The molecule has 3 N–H and O–H groups in total. The van der Waals surface area contributed by atoms with Crippen molar-refractivity contribution in [3.63, 3.8) is 0 Å². The fraction of sp³-hybridized carbons (Fsp3) is 0.923. The second-order valence-electron chi connectivity index (χ2n) is 5.75. The highest BCUT2D eigenvalue weighted by atomic mass is 32.2. The summed E-state index contributed by atoms with van der Waals surface area (Å²) in [6.45, 7) is 3.80. The SMILES string of the molecule is CC(O)C(C)SC1CCC(NC2CC2)(C(=O)O)C1. The molecule has 0 radical (unpaired) electrons. The van der Waals surface area contributed by atoms with Crippen LogP contribution in [0.2, 0.25) is 0 Å². The molecule has 2 fully saturated rings. The number of carboxylic acids is 1. The zero-order valence-corrected chi connectivity index (χ0v) is 11.9. The third kappa shape index (κ3) is 3.19. The first-order valence-electron chi connectivity index (χ1n) is 6.77. The Kier molecular flexibility index (Phi) is 4.24. The monoisotopic (exact) mass is 273 g/mol. The van der Waals surface area contributed by atoms with Gasteiger partial charge in [0.15, 0.2) is 0 Å². The van der Waals surface area contributed by atoms with Gasteiger partial charge in [-0.05, 0) is 39.0 Å². The van der Waals surface area contributed by atoms with Gasteiger partial charge in [-0.15, -0.1) is 0 Å². The fourth-order valence-corrected chi connectivity index (χ4v) is 4.01. The minimum Gasteiger partial charge on any atom is -0.480 e. The van der Waals surface area contributed by atoms with Crippen molar-refractivity contribution in [3.8, 4) is 0 Å². The van der Waals surface area contributed by atoms with Crippen molar-refractivity contribution in [2.24, 2.45) is 0 Å². The second-order valence-corrected chi connectivity index (χ2v) is 7.43.